The minimum Gasteiger partial charge on any atom is -0.325 e. The van der Waals surface area contributed by atoms with Gasteiger partial charge >= 0.3 is 0 Å². The smallest absolute Gasteiger partial charge is 0.273 e. The van der Waals surface area contributed by atoms with Crippen LogP contribution in [0.3, 0.4) is 0 Å². The first-order valence-electron chi connectivity index (χ1n) is 7.96. The molecule has 1 aliphatic heterocycles. The third kappa shape index (κ3) is 3.94. The Morgan fingerprint density at radius 2 is 2.04 bits per heavy atom. The van der Waals surface area contributed by atoms with Crippen molar-refractivity contribution in [2.45, 2.75) is 25.8 Å². The Morgan fingerprint density at radius 3 is 2.76 bits per heavy atom. The molecule has 0 saturated carbocycles. The molecule has 1 aromatic carbocycles. The lowest BCUT2D eigenvalue weighted by Crippen LogP contribution is -2.43. The maximum absolute atomic E-state index is 12.7. The number of nitrogens with zero attached hydrogens (tertiary/aromatic N) is 2. The van der Waals surface area contributed by atoms with Crippen molar-refractivity contribution in [1.82, 2.24) is 9.88 Å². The van der Waals surface area contributed by atoms with Gasteiger partial charge in [0, 0.05) is 17.3 Å². The minimum atomic E-state index is -0.540. The third-order valence-electron chi connectivity index (χ3n) is 4.11. The molecular formula is C18H17Cl2N3O2. The van der Waals surface area contributed by atoms with Crippen molar-refractivity contribution in [3.8, 4) is 0 Å². The molecule has 1 saturated heterocycles. The molecule has 0 unspecified atom stereocenters. The van der Waals surface area contributed by atoms with E-state index >= 15 is 0 Å². The highest BCUT2D eigenvalue weighted by Crippen LogP contribution is 2.27. The Hall–Kier alpha value is -2.11. The van der Waals surface area contributed by atoms with Gasteiger partial charge in [0.2, 0.25) is 5.91 Å². The first-order chi connectivity index (χ1) is 12.0. The average molecular weight is 378 g/mol. The van der Waals surface area contributed by atoms with Crippen LogP contribution in [0, 0.1) is 6.92 Å². The van der Waals surface area contributed by atoms with Crippen LogP contribution in [-0.2, 0) is 4.79 Å². The predicted molar refractivity (Wildman–Crippen MR) is 98.1 cm³/mol. The van der Waals surface area contributed by atoms with E-state index in [4.69, 9.17) is 23.2 Å². The summed E-state index contributed by atoms with van der Waals surface area (Å²) in [5, 5.41) is 3.63. The fourth-order valence-electron chi connectivity index (χ4n) is 2.90. The van der Waals surface area contributed by atoms with Gasteiger partial charge < -0.3 is 10.2 Å². The van der Waals surface area contributed by atoms with Gasteiger partial charge in [0.1, 0.15) is 11.7 Å². The van der Waals surface area contributed by atoms with Gasteiger partial charge in [0.15, 0.2) is 0 Å². The summed E-state index contributed by atoms with van der Waals surface area (Å²) < 4.78 is 0. The van der Waals surface area contributed by atoms with Crippen molar-refractivity contribution < 1.29 is 9.59 Å². The molecule has 0 aliphatic carbocycles. The molecule has 1 aliphatic rings. The molecule has 2 amide bonds. The fraction of sp³-hybridized carbons (Fsp3) is 0.278. The molecule has 1 N–H and O–H groups in total. The lowest BCUT2D eigenvalue weighted by Gasteiger charge is -2.24. The molecular weight excluding hydrogens is 361 g/mol. The second-order valence-electron chi connectivity index (χ2n) is 5.93. The van der Waals surface area contributed by atoms with E-state index in [1.807, 2.05) is 13.0 Å². The summed E-state index contributed by atoms with van der Waals surface area (Å²) in [5.74, 6) is -0.494. The molecule has 1 fully saturated rings. The van der Waals surface area contributed by atoms with Crippen LogP contribution in [0.2, 0.25) is 10.0 Å². The van der Waals surface area contributed by atoms with Gasteiger partial charge in [-0.3, -0.25) is 9.59 Å². The summed E-state index contributed by atoms with van der Waals surface area (Å²) in [4.78, 5) is 31.2. The highest BCUT2D eigenvalue weighted by Gasteiger charge is 2.35. The number of hydrogen-bond acceptors (Lipinski definition) is 3. The monoisotopic (exact) mass is 377 g/mol. The molecule has 0 bridgehead atoms. The number of nitrogens with one attached hydrogen (secondary N) is 1. The van der Waals surface area contributed by atoms with Crippen molar-refractivity contribution >= 4 is 40.7 Å². The predicted octanol–water partition coefficient (Wildman–Crippen LogP) is 3.94. The number of carbonyl (C=O) groups is 2. The van der Waals surface area contributed by atoms with Crippen LogP contribution in [-0.4, -0.2) is 34.3 Å². The number of anilines is 1. The average Bonchev–Trinajstić information content (AvgIpc) is 3.06. The van der Waals surface area contributed by atoms with Crippen LogP contribution in [0.15, 0.2) is 36.4 Å². The number of benzene rings is 1. The van der Waals surface area contributed by atoms with Gasteiger partial charge in [-0.2, -0.15) is 0 Å². The van der Waals surface area contributed by atoms with E-state index in [0.717, 1.165) is 12.1 Å². The highest BCUT2D eigenvalue weighted by molar-refractivity contribution is 6.36. The van der Waals surface area contributed by atoms with Crippen LogP contribution in [0.4, 0.5) is 5.69 Å². The fourth-order valence-corrected chi connectivity index (χ4v) is 3.35. The van der Waals surface area contributed by atoms with E-state index < -0.39 is 6.04 Å². The summed E-state index contributed by atoms with van der Waals surface area (Å²) in [5.41, 5.74) is 1.59. The second kappa shape index (κ2) is 7.42. The Bertz CT molecular complexity index is 826. The van der Waals surface area contributed by atoms with Crippen LogP contribution in [0.25, 0.3) is 0 Å². The molecule has 25 heavy (non-hydrogen) atoms. The molecule has 2 heterocycles. The van der Waals surface area contributed by atoms with Crippen molar-refractivity contribution in [1.29, 1.82) is 0 Å². The molecule has 7 heteroatoms. The number of rotatable bonds is 3. The Balaban J connectivity index is 1.76. The molecule has 0 radical (unpaired) electrons. The van der Waals surface area contributed by atoms with Gasteiger partial charge in [-0.05, 0) is 50.1 Å². The number of carbonyl (C=O) groups excluding carboxylic acids is 2. The first kappa shape index (κ1) is 17.7. The zero-order valence-electron chi connectivity index (χ0n) is 13.6. The number of pyridine rings is 1. The Kier molecular flexibility index (Phi) is 5.25. The molecule has 0 spiro atoms. The molecule has 130 valence electrons. The van der Waals surface area contributed by atoms with Crippen LogP contribution < -0.4 is 5.32 Å². The number of likely N-dealkylation sites (tertiary alicyclic amines) is 1. The maximum Gasteiger partial charge on any atom is 0.273 e. The maximum atomic E-state index is 12.7. The topological polar surface area (TPSA) is 62.3 Å². The van der Waals surface area contributed by atoms with Crippen molar-refractivity contribution in [3.63, 3.8) is 0 Å². The third-order valence-corrected chi connectivity index (χ3v) is 4.66. The van der Waals surface area contributed by atoms with Crippen LogP contribution in [0.1, 0.15) is 29.0 Å². The Labute approximate surface area is 155 Å². The van der Waals surface area contributed by atoms with Gasteiger partial charge in [0.25, 0.3) is 5.91 Å². The molecule has 1 atom stereocenters. The lowest BCUT2D eigenvalue weighted by atomic mass is 10.2. The summed E-state index contributed by atoms with van der Waals surface area (Å²) in [6.45, 7) is 2.36. The van der Waals surface area contributed by atoms with E-state index in [2.05, 4.69) is 10.3 Å². The number of hydrogen-bond donors (Lipinski definition) is 1. The van der Waals surface area contributed by atoms with E-state index in [9.17, 15) is 9.59 Å². The van der Waals surface area contributed by atoms with Crippen molar-refractivity contribution in [3.05, 3.63) is 57.8 Å². The van der Waals surface area contributed by atoms with E-state index in [-0.39, 0.29) is 11.8 Å². The largest absolute Gasteiger partial charge is 0.325 e. The SMILES string of the molecule is Cc1cccc(C(=O)N2CCC[C@@H]2C(=O)Nc2ccc(Cl)cc2Cl)n1. The van der Waals surface area contributed by atoms with Gasteiger partial charge in [0.05, 0.1) is 10.7 Å². The number of amides is 2. The standard InChI is InChI=1S/C18H17Cl2N3O2/c1-11-4-2-5-15(21-11)18(25)23-9-3-6-16(23)17(24)22-14-8-7-12(19)10-13(14)20/h2,4-5,7-8,10,16H,3,6,9H2,1H3,(H,22,24)/t16-/m1/s1. The van der Waals surface area contributed by atoms with Crippen LogP contribution in [0.5, 0.6) is 0 Å². The van der Waals surface area contributed by atoms with Crippen molar-refractivity contribution in [2.75, 3.05) is 11.9 Å². The first-order valence-corrected chi connectivity index (χ1v) is 8.72. The van der Waals surface area contributed by atoms with E-state index in [0.29, 0.717) is 34.4 Å². The van der Waals surface area contributed by atoms with Crippen LogP contribution >= 0.6 is 23.2 Å². The summed E-state index contributed by atoms with van der Waals surface area (Å²) in [6.07, 6.45) is 1.37. The highest BCUT2D eigenvalue weighted by atomic mass is 35.5. The van der Waals surface area contributed by atoms with Gasteiger partial charge in [-0.25, -0.2) is 4.98 Å². The zero-order chi connectivity index (χ0) is 18.0. The number of aryl methyl sites for hydroxylation is 1. The quantitative estimate of drug-likeness (QED) is 0.880. The molecule has 3 rings (SSSR count). The van der Waals surface area contributed by atoms with E-state index in [1.165, 1.54) is 0 Å². The molecule has 5 nitrogen and oxygen atoms in total. The Morgan fingerprint density at radius 1 is 1.24 bits per heavy atom. The summed E-state index contributed by atoms with van der Waals surface area (Å²) >= 11 is 12.0. The zero-order valence-corrected chi connectivity index (χ0v) is 15.1. The molecule has 1 aromatic heterocycles. The number of aromatic nitrogens is 1. The number of halogens is 2. The summed E-state index contributed by atoms with van der Waals surface area (Å²) in [7, 11) is 0. The van der Waals surface area contributed by atoms with Gasteiger partial charge in [-0.1, -0.05) is 29.3 Å². The van der Waals surface area contributed by atoms with Gasteiger partial charge in [-0.15, -0.1) is 0 Å². The molecule has 2 aromatic rings. The van der Waals surface area contributed by atoms with Crippen molar-refractivity contribution in [2.24, 2.45) is 0 Å². The lowest BCUT2D eigenvalue weighted by molar-refractivity contribution is -0.119. The second-order valence-corrected chi connectivity index (χ2v) is 6.78. The minimum absolute atomic E-state index is 0.233. The van der Waals surface area contributed by atoms with E-state index in [1.54, 1.807) is 35.2 Å². The normalized spacial score (nSPS) is 16.8. The summed E-state index contributed by atoms with van der Waals surface area (Å²) in [6, 6.07) is 9.60.